The van der Waals surface area contributed by atoms with Crippen LogP contribution in [0, 0.1) is 5.92 Å². The van der Waals surface area contributed by atoms with E-state index in [0.29, 0.717) is 6.54 Å². The van der Waals surface area contributed by atoms with Crippen LogP contribution in [-0.2, 0) is 16.0 Å². The molecule has 0 unspecified atom stereocenters. The topological polar surface area (TPSA) is 70.1 Å². The molecule has 5 atom stereocenters. The van der Waals surface area contributed by atoms with Crippen molar-refractivity contribution in [1.29, 1.82) is 0 Å². The zero-order valence-corrected chi connectivity index (χ0v) is 25.1. The highest BCUT2D eigenvalue weighted by atomic mass is 28.4. The lowest BCUT2D eigenvalue weighted by atomic mass is 9.95. The Bertz CT molecular complexity index is 1450. The lowest BCUT2D eigenvalue weighted by Gasteiger charge is -2.30. The van der Waals surface area contributed by atoms with E-state index in [4.69, 9.17) is 4.74 Å². The Balaban J connectivity index is 1.13. The second kappa shape index (κ2) is 11.0. The first-order valence-corrected chi connectivity index (χ1v) is 17.8. The molecule has 3 aromatic carbocycles. The number of ether oxygens (including phenoxy) is 1. The number of halogens is 1. The summed E-state index contributed by atoms with van der Waals surface area (Å²) >= 11 is 0. The maximum Gasteiger partial charge on any atom is 0.263 e. The van der Waals surface area contributed by atoms with E-state index in [1.54, 1.807) is 22.9 Å². The maximum atomic E-state index is 15.6. The van der Waals surface area contributed by atoms with Gasteiger partial charge in [-0.25, -0.2) is 0 Å². The number of hydrogen-bond donors (Lipinski definition) is 1. The van der Waals surface area contributed by atoms with Crippen molar-refractivity contribution in [2.24, 2.45) is 5.92 Å². The predicted molar refractivity (Wildman–Crippen MR) is 162 cm³/mol. The third-order valence-electron chi connectivity index (χ3n) is 9.45. The monoisotopic (exact) mass is 574 g/mol. The zero-order chi connectivity index (χ0) is 28.9. The quantitative estimate of drug-likeness (QED) is 0.250. The summed E-state index contributed by atoms with van der Waals surface area (Å²) in [5, 5.41) is 11.7. The summed E-state index contributed by atoms with van der Waals surface area (Å²) in [6.07, 6.45) is 2.83. The molecule has 2 fully saturated rings. The van der Waals surface area contributed by atoms with Gasteiger partial charge in [-0.3, -0.25) is 14.5 Å². The van der Waals surface area contributed by atoms with E-state index < -0.39 is 14.5 Å². The number of nitrogens with zero attached hydrogens (tertiary/aromatic N) is 2. The summed E-state index contributed by atoms with van der Waals surface area (Å²) in [5.74, 6) is -0.0266. The summed E-state index contributed by atoms with van der Waals surface area (Å²) in [7, 11) is -3.09. The predicted octanol–water partition coefficient (Wildman–Crippen LogP) is 6.39. The van der Waals surface area contributed by atoms with E-state index in [9.17, 15) is 14.7 Å². The standard InChI is InChI=1S/C33H39FN2O4Si/c1-21-28(40-29(32(21)41(2,3)34)19-30(38)35-18-6-9-25(35)20-37)17-14-22-12-15-24(16-13-22)36-27-11-5-8-23-7-4-10-26(31(23)27)33(36)39/h4-5,7-8,10-13,15-16,21,25,28-29,32,37H,6,9,14,17-20H2,1-3H3/t21-,25+,28+,29-,32+/m1/s1. The number of rotatable bonds is 8. The van der Waals surface area contributed by atoms with E-state index in [2.05, 4.69) is 19.1 Å². The van der Waals surface area contributed by atoms with Gasteiger partial charge >= 0.3 is 0 Å². The third kappa shape index (κ3) is 5.11. The van der Waals surface area contributed by atoms with Crippen LogP contribution >= 0.6 is 0 Å². The molecule has 0 bridgehead atoms. The van der Waals surface area contributed by atoms with Gasteiger partial charge in [-0.05, 0) is 79.9 Å². The molecule has 2 amide bonds. The Morgan fingerprint density at radius 2 is 1.80 bits per heavy atom. The molecule has 0 radical (unpaired) electrons. The van der Waals surface area contributed by atoms with Crippen LogP contribution in [0.25, 0.3) is 10.8 Å². The van der Waals surface area contributed by atoms with Crippen molar-refractivity contribution in [3.63, 3.8) is 0 Å². The molecule has 0 spiro atoms. The Morgan fingerprint density at radius 1 is 1.07 bits per heavy atom. The first-order valence-electron chi connectivity index (χ1n) is 14.9. The molecule has 3 aliphatic rings. The van der Waals surface area contributed by atoms with Gasteiger partial charge in [0, 0.05) is 23.2 Å². The summed E-state index contributed by atoms with van der Waals surface area (Å²) in [4.78, 5) is 30.0. The first kappa shape index (κ1) is 28.1. The fourth-order valence-electron chi connectivity index (χ4n) is 7.51. The third-order valence-corrected chi connectivity index (χ3v) is 11.9. The molecule has 0 aliphatic carbocycles. The van der Waals surface area contributed by atoms with Gasteiger partial charge in [-0.1, -0.05) is 43.3 Å². The molecule has 6 rings (SSSR count). The highest BCUT2D eigenvalue weighted by Gasteiger charge is 2.52. The second-order valence-electron chi connectivity index (χ2n) is 12.5. The summed E-state index contributed by atoms with van der Waals surface area (Å²) in [6, 6.07) is 19.8. The second-order valence-corrected chi connectivity index (χ2v) is 16.3. The molecule has 0 saturated carbocycles. The average molecular weight is 575 g/mol. The minimum atomic E-state index is -3.09. The van der Waals surface area contributed by atoms with Crippen LogP contribution in [0.5, 0.6) is 0 Å². The fraction of sp³-hybridized carbons (Fsp3) is 0.455. The molecule has 216 valence electrons. The number of amides is 2. The molecule has 8 heteroatoms. The highest BCUT2D eigenvalue weighted by molar-refractivity contribution is 6.72. The van der Waals surface area contributed by atoms with E-state index in [1.165, 1.54) is 0 Å². The summed E-state index contributed by atoms with van der Waals surface area (Å²) in [6.45, 7) is 6.14. The molecule has 3 aromatic rings. The van der Waals surface area contributed by atoms with E-state index >= 15 is 4.11 Å². The Morgan fingerprint density at radius 3 is 2.51 bits per heavy atom. The number of aliphatic hydroxyl groups is 1. The molecule has 6 nitrogen and oxygen atoms in total. The van der Waals surface area contributed by atoms with Gasteiger partial charge < -0.3 is 18.9 Å². The van der Waals surface area contributed by atoms with Gasteiger partial charge in [0.2, 0.25) is 14.3 Å². The Hall–Kier alpha value is -3.07. The van der Waals surface area contributed by atoms with Crippen LogP contribution in [-0.4, -0.2) is 61.6 Å². The molecule has 3 aliphatic heterocycles. The number of benzene rings is 3. The number of anilines is 2. The number of aliphatic hydroxyl groups excluding tert-OH is 1. The number of carbonyl (C=O) groups excluding carboxylic acids is 2. The highest BCUT2D eigenvalue weighted by Crippen LogP contribution is 2.47. The number of likely N-dealkylation sites (tertiary alicyclic amines) is 1. The number of aryl methyl sites for hydroxylation is 1. The molecule has 1 N–H and O–H groups in total. The fourth-order valence-corrected chi connectivity index (χ4v) is 10.1. The van der Waals surface area contributed by atoms with E-state index in [-0.39, 0.29) is 48.4 Å². The van der Waals surface area contributed by atoms with E-state index in [0.717, 1.165) is 59.0 Å². The molecule has 41 heavy (non-hydrogen) atoms. The summed E-state index contributed by atoms with van der Waals surface area (Å²) < 4.78 is 22.0. The van der Waals surface area contributed by atoms with Gasteiger partial charge in [0.05, 0.1) is 42.5 Å². The van der Waals surface area contributed by atoms with Crippen molar-refractivity contribution in [1.82, 2.24) is 4.90 Å². The van der Waals surface area contributed by atoms with Crippen LogP contribution in [0.1, 0.15) is 48.5 Å². The normalized spacial score (nSPS) is 26.0. The van der Waals surface area contributed by atoms with E-state index in [1.807, 2.05) is 48.5 Å². The molecule has 0 aromatic heterocycles. The largest absolute Gasteiger partial charge is 0.394 e. The number of hydrogen-bond acceptors (Lipinski definition) is 4. The van der Waals surface area contributed by atoms with Crippen molar-refractivity contribution in [2.75, 3.05) is 18.1 Å². The molecular formula is C33H39FN2O4Si. The van der Waals surface area contributed by atoms with Gasteiger partial charge in [0.1, 0.15) is 0 Å². The number of carbonyl (C=O) groups is 2. The van der Waals surface area contributed by atoms with Gasteiger partial charge in [0.15, 0.2) is 0 Å². The average Bonchev–Trinajstić information content (AvgIpc) is 3.63. The van der Waals surface area contributed by atoms with Gasteiger partial charge in [0.25, 0.3) is 5.91 Å². The van der Waals surface area contributed by atoms with Crippen molar-refractivity contribution in [3.8, 4) is 0 Å². The molecular weight excluding hydrogens is 535 g/mol. The van der Waals surface area contributed by atoms with Crippen molar-refractivity contribution < 1.29 is 23.5 Å². The van der Waals surface area contributed by atoms with Crippen molar-refractivity contribution in [3.05, 3.63) is 71.8 Å². The lowest BCUT2D eigenvalue weighted by Crippen LogP contribution is -2.42. The van der Waals surface area contributed by atoms with Crippen LogP contribution in [0.4, 0.5) is 15.5 Å². The smallest absolute Gasteiger partial charge is 0.263 e. The Labute approximate surface area is 242 Å². The van der Waals surface area contributed by atoms with Gasteiger partial charge in [-0.15, -0.1) is 0 Å². The minimum Gasteiger partial charge on any atom is -0.394 e. The van der Waals surface area contributed by atoms with Crippen LogP contribution in [0.15, 0.2) is 60.7 Å². The van der Waals surface area contributed by atoms with Crippen LogP contribution in [0.3, 0.4) is 0 Å². The molecule has 2 saturated heterocycles. The minimum absolute atomic E-state index is 0.0124. The Kier molecular flexibility index (Phi) is 7.51. The zero-order valence-electron chi connectivity index (χ0n) is 24.1. The van der Waals surface area contributed by atoms with Crippen molar-refractivity contribution in [2.45, 2.75) is 75.9 Å². The van der Waals surface area contributed by atoms with Crippen LogP contribution < -0.4 is 4.90 Å². The first-order chi connectivity index (χ1) is 19.7. The maximum absolute atomic E-state index is 15.6. The van der Waals surface area contributed by atoms with Gasteiger partial charge in [-0.2, -0.15) is 0 Å². The SMILES string of the molecule is C[C@H]1[C@H]([Si](C)(C)F)[C@@H](CC(=O)N2CCC[C@H]2CO)O[C@H]1CCc1ccc(N2C(=O)c3cccc4cccc2c34)cc1. The van der Waals surface area contributed by atoms with Crippen molar-refractivity contribution >= 4 is 42.4 Å². The van der Waals surface area contributed by atoms with Crippen LogP contribution in [0.2, 0.25) is 18.6 Å². The summed E-state index contributed by atoms with van der Waals surface area (Å²) in [5.41, 5.74) is 3.35. The lowest BCUT2D eigenvalue weighted by molar-refractivity contribution is -0.135. The molecule has 3 heterocycles.